The molecule has 0 saturated heterocycles. The molecule has 0 bridgehead atoms. The van der Waals surface area contributed by atoms with Crippen molar-refractivity contribution >= 4 is 33.8 Å². The average Bonchev–Trinajstić information content (AvgIpc) is 3.22. The molecule has 0 fully saturated rings. The number of carbonyl (C=O) groups is 1. The van der Waals surface area contributed by atoms with Gasteiger partial charge in [-0.15, -0.1) is 11.3 Å². The Labute approximate surface area is 209 Å². The number of nitrogens with zero attached hydrogens (tertiary/aromatic N) is 2. The van der Waals surface area contributed by atoms with E-state index in [1.54, 1.807) is 24.0 Å². The van der Waals surface area contributed by atoms with Gasteiger partial charge in [0.1, 0.15) is 5.69 Å². The van der Waals surface area contributed by atoms with Crippen LogP contribution in [0.25, 0.3) is 11.1 Å². The Hall–Kier alpha value is -3.71. The minimum absolute atomic E-state index is 0.0296. The van der Waals surface area contributed by atoms with E-state index < -0.39 is 0 Å². The van der Waals surface area contributed by atoms with E-state index >= 15 is 0 Å². The lowest BCUT2D eigenvalue weighted by Gasteiger charge is -2.19. The van der Waals surface area contributed by atoms with Gasteiger partial charge in [-0.25, -0.2) is 4.98 Å². The van der Waals surface area contributed by atoms with Crippen molar-refractivity contribution in [1.82, 2.24) is 9.55 Å². The molecular formula is C28H30N4O2S. The molecule has 2 N–H and O–H groups in total. The summed E-state index contributed by atoms with van der Waals surface area (Å²) in [6, 6.07) is 15.3. The summed E-state index contributed by atoms with van der Waals surface area (Å²) in [5.74, 6) is -0.160. The van der Waals surface area contributed by atoms with E-state index in [1.165, 1.54) is 16.9 Å². The Morgan fingerprint density at radius 3 is 2.37 bits per heavy atom. The number of thiazole rings is 1. The first kappa shape index (κ1) is 24.4. The molecule has 0 saturated carbocycles. The molecule has 0 spiro atoms. The average molecular weight is 487 g/mol. The van der Waals surface area contributed by atoms with Crippen molar-refractivity contribution in [2.45, 2.75) is 40.0 Å². The molecule has 1 amide bonds. The van der Waals surface area contributed by atoms with Gasteiger partial charge in [0.15, 0.2) is 5.13 Å². The zero-order chi connectivity index (χ0) is 25.3. The number of nitrogens with one attached hydrogen (secondary N) is 2. The maximum absolute atomic E-state index is 13.0. The molecule has 4 aromatic rings. The molecule has 7 heteroatoms. The van der Waals surface area contributed by atoms with Crippen molar-refractivity contribution in [2.24, 2.45) is 7.05 Å². The first-order chi connectivity index (χ1) is 16.5. The summed E-state index contributed by atoms with van der Waals surface area (Å²) in [4.78, 5) is 31.1. The van der Waals surface area contributed by atoms with Crippen LogP contribution in [0.2, 0.25) is 0 Å². The Balaban J connectivity index is 1.63. The maximum Gasteiger partial charge on any atom is 0.274 e. The number of benzene rings is 2. The summed E-state index contributed by atoms with van der Waals surface area (Å²) < 4.78 is 1.56. The molecule has 2 heterocycles. The molecule has 0 unspecified atom stereocenters. The number of aromatic nitrogens is 2. The SMILES string of the molecule is Cc1cnc(Nc2cc(-c3cccc(NC(=O)c4ccc(C(C)(C)C)cc4)c3C)cn(C)c2=O)s1. The third kappa shape index (κ3) is 5.35. The molecule has 35 heavy (non-hydrogen) atoms. The van der Waals surface area contributed by atoms with E-state index in [1.807, 2.05) is 62.4 Å². The number of pyridine rings is 1. The molecule has 0 aliphatic rings. The molecule has 0 aliphatic heterocycles. The third-order valence-electron chi connectivity index (χ3n) is 5.95. The molecule has 2 aromatic heterocycles. The second-order valence-corrected chi connectivity index (χ2v) is 11.0. The number of hydrogen-bond acceptors (Lipinski definition) is 5. The summed E-state index contributed by atoms with van der Waals surface area (Å²) in [6.45, 7) is 10.4. The highest BCUT2D eigenvalue weighted by atomic mass is 32.1. The first-order valence-corrected chi connectivity index (χ1v) is 12.3. The molecule has 0 aliphatic carbocycles. The normalized spacial score (nSPS) is 11.4. The van der Waals surface area contributed by atoms with Gasteiger partial charge in [0, 0.05) is 41.1 Å². The predicted molar refractivity (Wildman–Crippen MR) is 145 cm³/mol. The number of anilines is 3. The number of aryl methyl sites for hydroxylation is 2. The van der Waals surface area contributed by atoms with Crippen LogP contribution in [0.1, 0.15) is 47.1 Å². The largest absolute Gasteiger partial charge is 0.327 e. The third-order valence-corrected chi connectivity index (χ3v) is 6.78. The molecule has 4 rings (SSSR count). The number of rotatable bonds is 5. The predicted octanol–water partition coefficient (Wildman–Crippen LogP) is 6.42. The smallest absolute Gasteiger partial charge is 0.274 e. The van der Waals surface area contributed by atoms with Crippen molar-refractivity contribution in [3.63, 3.8) is 0 Å². The number of carbonyl (C=O) groups excluding carboxylic acids is 1. The van der Waals surface area contributed by atoms with Crippen LogP contribution >= 0.6 is 11.3 Å². The second kappa shape index (κ2) is 9.50. The van der Waals surface area contributed by atoms with Gasteiger partial charge in [-0.1, -0.05) is 45.0 Å². The van der Waals surface area contributed by atoms with Crippen molar-refractivity contribution in [3.8, 4) is 11.1 Å². The first-order valence-electron chi connectivity index (χ1n) is 11.4. The zero-order valence-corrected chi connectivity index (χ0v) is 21.7. The van der Waals surface area contributed by atoms with Gasteiger partial charge in [0.05, 0.1) is 0 Å². The van der Waals surface area contributed by atoms with Crippen LogP contribution in [0.5, 0.6) is 0 Å². The van der Waals surface area contributed by atoms with Crippen LogP contribution in [0.15, 0.2) is 65.7 Å². The number of hydrogen-bond donors (Lipinski definition) is 2. The molecule has 0 radical (unpaired) electrons. The van der Waals surface area contributed by atoms with Gasteiger partial charge < -0.3 is 15.2 Å². The fourth-order valence-corrected chi connectivity index (χ4v) is 4.55. The maximum atomic E-state index is 13.0. The van der Waals surface area contributed by atoms with Crippen molar-refractivity contribution < 1.29 is 4.79 Å². The van der Waals surface area contributed by atoms with E-state index in [0.717, 1.165) is 27.3 Å². The molecular weight excluding hydrogens is 456 g/mol. The van der Waals surface area contributed by atoms with E-state index in [0.29, 0.717) is 16.4 Å². The van der Waals surface area contributed by atoms with Crippen LogP contribution in [-0.4, -0.2) is 15.5 Å². The molecule has 2 aromatic carbocycles. The lowest BCUT2D eigenvalue weighted by atomic mass is 9.86. The highest BCUT2D eigenvalue weighted by Gasteiger charge is 2.16. The van der Waals surface area contributed by atoms with Gasteiger partial charge in [-0.2, -0.15) is 0 Å². The van der Waals surface area contributed by atoms with Gasteiger partial charge in [-0.3, -0.25) is 9.59 Å². The monoisotopic (exact) mass is 486 g/mol. The second-order valence-electron chi connectivity index (χ2n) is 9.72. The Kier molecular flexibility index (Phi) is 6.63. The molecule has 0 atom stereocenters. The summed E-state index contributed by atoms with van der Waals surface area (Å²) in [5.41, 5.74) is 5.57. The van der Waals surface area contributed by atoms with Crippen LogP contribution in [0, 0.1) is 13.8 Å². The van der Waals surface area contributed by atoms with E-state index in [9.17, 15) is 9.59 Å². The van der Waals surface area contributed by atoms with Crippen LogP contribution < -0.4 is 16.2 Å². The van der Waals surface area contributed by atoms with E-state index in [2.05, 4.69) is 36.4 Å². The summed E-state index contributed by atoms with van der Waals surface area (Å²) in [6.07, 6.45) is 3.58. The van der Waals surface area contributed by atoms with Crippen molar-refractivity contribution in [1.29, 1.82) is 0 Å². The van der Waals surface area contributed by atoms with Gasteiger partial charge >= 0.3 is 0 Å². The van der Waals surface area contributed by atoms with Crippen molar-refractivity contribution in [2.75, 3.05) is 10.6 Å². The minimum atomic E-state index is -0.160. The Morgan fingerprint density at radius 1 is 1.03 bits per heavy atom. The lowest BCUT2D eigenvalue weighted by Crippen LogP contribution is -2.19. The van der Waals surface area contributed by atoms with E-state index in [-0.39, 0.29) is 16.9 Å². The van der Waals surface area contributed by atoms with Gasteiger partial charge in [0.2, 0.25) is 0 Å². The Bertz CT molecular complexity index is 1440. The molecule has 6 nitrogen and oxygen atoms in total. The highest BCUT2D eigenvalue weighted by molar-refractivity contribution is 7.15. The van der Waals surface area contributed by atoms with E-state index in [4.69, 9.17) is 0 Å². The summed E-state index contributed by atoms with van der Waals surface area (Å²) in [7, 11) is 1.73. The summed E-state index contributed by atoms with van der Waals surface area (Å²) in [5, 5.41) is 6.87. The zero-order valence-electron chi connectivity index (χ0n) is 20.9. The molecule has 180 valence electrons. The van der Waals surface area contributed by atoms with Crippen LogP contribution in [-0.2, 0) is 12.5 Å². The summed E-state index contributed by atoms with van der Waals surface area (Å²) >= 11 is 1.49. The topological polar surface area (TPSA) is 76.0 Å². The Morgan fingerprint density at radius 2 is 1.74 bits per heavy atom. The van der Waals surface area contributed by atoms with Crippen LogP contribution in [0.4, 0.5) is 16.5 Å². The minimum Gasteiger partial charge on any atom is -0.327 e. The number of amides is 1. The van der Waals surface area contributed by atoms with Gasteiger partial charge in [0.25, 0.3) is 11.5 Å². The highest BCUT2D eigenvalue weighted by Crippen LogP contribution is 2.31. The quantitative estimate of drug-likeness (QED) is 0.341. The van der Waals surface area contributed by atoms with Crippen LogP contribution in [0.3, 0.4) is 0 Å². The van der Waals surface area contributed by atoms with Crippen molar-refractivity contribution in [3.05, 3.63) is 92.8 Å². The fourth-order valence-electron chi connectivity index (χ4n) is 3.88. The standard InChI is InChI=1S/C28H30N4O2S/c1-17-15-29-27(35-17)31-24-14-20(16-32(6)26(24)34)22-8-7-9-23(18(22)2)30-25(33)19-10-12-21(13-11-19)28(3,4)5/h7-16H,1-6H3,(H,29,31)(H,30,33). The lowest BCUT2D eigenvalue weighted by molar-refractivity contribution is 0.102. The van der Waals surface area contributed by atoms with Gasteiger partial charge in [-0.05, 0) is 60.2 Å². The fraction of sp³-hybridized carbons (Fsp3) is 0.250.